The third-order valence-electron chi connectivity index (χ3n) is 2.67. The number of anilines is 1. The van der Waals surface area contributed by atoms with Crippen molar-refractivity contribution in [3.05, 3.63) is 29.8 Å². The largest absolute Gasteiger partial charge is 0.330 e. The molecule has 17 heavy (non-hydrogen) atoms. The Morgan fingerprint density at radius 1 is 1.18 bits per heavy atom. The first kappa shape index (κ1) is 14.0. The molecule has 5 heteroatoms. The van der Waals surface area contributed by atoms with Crippen molar-refractivity contribution in [3.63, 3.8) is 0 Å². The first-order valence-electron chi connectivity index (χ1n) is 5.71. The van der Waals surface area contributed by atoms with Crippen LogP contribution in [0.5, 0.6) is 0 Å². The molecule has 2 N–H and O–H groups in total. The maximum atomic E-state index is 12.0. The highest BCUT2D eigenvalue weighted by atomic mass is 32.2. The lowest BCUT2D eigenvalue weighted by atomic mass is 10.2. The Balaban J connectivity index is 2.74. The van der Waals surface area contributed by atoms with E-state index in [2.05, 4.69) is 0 Å². The number of nitrogens with zero attached hydrogens (tertiary/aromatic N) is 1. The van der Waals surface area contributed by atoms with Crippen molar-refractivity contribution < 1.29 is 8.42 Å². The maximum Gasteiger partial charge on any atom is 0.234 e. The molecule has 96 valence electrons. The Bertz CT molecular complexity index is 440. The van der Waals surface area contributed by atoms with Crippen molar-refractivity contribution in [3.8, 4) is 0 Å². The number of aryl methyl sites for hydroxylation is 1. The van der Waals surface area contributed by atoms with Crippen LogP contribution in [0.4, 0.5) is 5.69 Å². The molecular formula is C12H20N2O2S. The highest BCUT2D eigenvalue weighted by molar-refractivity contribution is 7.92. The Morgan fingerprint density at radius 3 is 2.29 bits per heavy atom. The summed E-state index contributed by atoms with van der Waals surface area (Å²) in [7, 11) is -1.63. The van der Waals surface area contributed by atoms with Crippen LogP contribution in [-0.2, 0) is 10.0 Å². The second kappa shape index (κ2) is 6.02. The van der Waals surface area contributed by atoms with Gasteiger partial charge in [-0.3, -0.25) is 4.31 Å². The first-order chi connectivity index (χ1) is 7.97. The van der Waals surface area contributed by atoms with Crippen LogP contribution in [0.1, 0.15) is 18.4 Å². The lowest BCUT2D eigenvalue weighted by Crippen LogP contribution is -2.29. The van der Waals surface area contributed by atoms with Gasteiger partial charge < -0.3 is 5.73 Å². The Kier molecular flexibility index (Phi) is 4.96. The molecule has 1 aromatic rings. The molecule has 0 aliphatic rings. The summed E-state index contributed by atoms with van der Waals surface area (Å²) in [6.45, 7) is 2.50. The molecule has 4 nitrogen and oxygen atoms in total. The Hall–Kier alpha value is -1.07. The molecule has 0 amide bonds. The minimum atomic E-state index is -3.22. The van der Waals surface area contributed by atoms with Crippen LogP contribution < -0.4 is 10.0 Å². The van der Waals surface area contributed by atoms with Gasteiger partial charge in [0.1, 0.15) is 0 Å². The number of sulfonamides is 1. The maximum absolute atomic E-state index is 12.0. The van der Waals surface area contributed by atoms with E-state index in [1.54, 1.807) is 7.05 Å². The van der Waals surface area contributed by atoms with Gasteiger partial charge >= 0.3 is 0 Å². The molecule has 0 aromatic heterocycles. The highest BCUT2D eigenvalue weighted by Gasteiger charge is 2.17. The minimum Gasteiger partial charge on any atom is -0.330 e. The van der Waals surface area contributed by atoms with Crippen LogP contribution >= 0.6 is 0 Å². The van der Waals surface area contributed by atoms with Gasteiger partial charge in [0.25, 0.3) is 0 Å². The van der Waals surface area contributed by atoms with Crippen LogP contribution in [0.25, 0.3) is 0 Å². The number of nitrogens with two attached hydrogens (primary N) is 1. The molecule has 1 rings (SSSR count). The van der Waals surface area contributed by atoms with Crippen LogP contribution in [0.2, 0.25) is 0 Å². The van der Waals surface area contributed by atoms with Gasteiger partial charge in [0.05, 0.1) is 11.4 Å². The van der Waals surface area contributed by atoms with Crippen molar-refractivity contribution in [2.45, 2.75) is 19.8 Å². The van der Waals surface area contributed by atoms with Gasteiger partial charge in [-0.15, -0.1) is 0 Å². The fourth-order valence-corrected chi connectivity index (χ4v) is 2.77. The number of rotatable bonds is 6. The molecule has 0 fully saturated rings. The molecule has 0 unspecified atom stereocenters. The van der Waals surface area contributed by atoms with Crippen molar-refractivity contribution in [2.24, 2.45) is 5.73 Å². The smallest absolute Gasteiger partial charge is 0.234 e. The van der Waals surface area contributed by atoms with Crippen molar-refractivity contribution in [1.29, 1.82) is 0 Å². The zero-order valence-corrected chi connectivity index (χ0v) is 11.2. The van der Waals surface area contributed by atoms with Crippen LogP contribution in [0.3, 0.4) is 0 Å². The normalized spacial score (nSPS) is 11.5. The van der Waals surface area contributed by atoms with E-state index in [4.69, 9.17) is 5.73 Å². The van der Waals surface area contributed by atoms with E-state index >= 15 is 0 Å². The topological polar surface area (TPSA) is 63.4 Å². The molecule has 1 aromatic carbocycles. The molecular weight excluding hydrogens is 236 g/mol. The SMILES string of the molecule is Cc1ccc(N(C)S(=O)(=O)CCCCN)cc1. The van der Waals surface area contributed by atoms with E-state index in [0.717, 1.165) is 12.0 Å². The molecule has 0 aliphatic heterocycles. The fourth-order valence-electron chi connectivity index (χ4n) is 1.48. The summed E-state index contributed by atoms with van der Waals surface area (Å²) in [6.07, 6.45) is 1.34. The molecule has 0 radical (unpaired) electrons. The van der Waals surface area contributed by atoms with Crippen LogP contribution in [0, 0.1) is 6.92 Å². The third kappa shape index (κ3) is 4.02. The van der Waals surface area contributed by atoms with E-state index in [1.807, 2.05) is 31.2 Å². The molecule has 0 bridgehead atoms. The van der Waals surface area contributed by atoms with Gasteiger partial charge in [0.2, 0.25) is 10.0 Å². The van der Waals surface area contributed by atoms with Gasteiger partial charge in [-0.25, -0.2) is 8.42 Å². The first-order valence-corrected chi connectivity index (χ1v) is 7.31. The van der Waals surface area contributed by atoms with Gasteiger partial charge in [-0.05, 0) is 38.4 Å². The highest BCUT2D eigenvalue weighted by Crippen LogP contribution is 2.17. The summed E-state index contributed by atoms with van der Waals surface area (Å²) in [5, 5.41) is 0. The van der Waals surface area contributed by atoms with Crippen LogP contribution in [-0.4, -0.2) is 27.8 Å². The summed E-state index contributed by atoms with van der Waals surface area (Å²) < 4.78 is 25.3. The van der Waals surface area contributed by atoms with Gasteiger partial charge in [-0.2, -0.15) is 0 Å². The van der Waals surface area contributed by atoms with Gasteiger partial charge in [-0.1, -0.05) is 17.7 Å². The fraction of sp³-hybridized carbons (Fsp3) is 0.500. The molecule has 0 atom stereocenters. The second-order valence-electron chi connectivity index (χ2n) is 4.11. The summed E-state index contributed by atoms with van der Waals surface area (Å²) >= 11 is 0. The number of hydrogen-bond acceptors (Lipinski definition) is 3. The zero-order valence-electron chi connectivity index (χ0n) is 10.4. The van der Waals surface area contributed by atoms with Crippen molar-refractivity contribution in [1.82, 2.24) is 0 Å². The summed E-state index contributed by atoms with van der Waals surface area (Å²) in [6, 6.07) is 7.44. The monoisotopic (exact) mass is 256 g/mol. The van der Waals surface area contributed by atoms with Crippen molar-refractivity contribution in [2.75, 3.05) is 23.7 Å². The summed E-state index contributed by atoms with van der Waals surface area (Å²) in [5.41, 5.74) is 7.16. The zero-order chi connectivity index (χ0) is 12.9. The molecule has 0 aliphatic carbocycles. The number of hydrogen-bond donors (Lipinski definition) is 1. The van der Waals surface area contributed by atoms with E-state index in [1.165, 1.54) is 4.31 Å². The Morgan fingerprint density at radius 2 is 1.76 bits per heavy atom. The predicted molar refractivity (Wildman–Crippen MR) is 71.7 cm³/mol. The van der Waals surface area contributed by atoms with E-state index in [9.17, 15) is 8.42 Å². The predicted octanol–water partition coefficient (Wildman–Crippen LogP) is 1.50. The van der Waals surface area contributed by atoms with E-state index in [0.29, 0.717) is 18.7 Å². The summed E-state index contributed by atoms with van der Waals surface area (Å²) in [5.74, 6) is 0.147. The lowest BCUT2D eigenvalue weighted by Gasteiger charge is -2.19. The van der Waals surface area contributed by atoms with E-state index in [-0.39, 0.29) is 5.75 Å². The average Bonchev–Trinajstić information content (AvgIpc) is 2.29. The quantitative estimate of drug-likeness (QED) is 0.785. The lowest BCUT2D eigenvalue weighted by molar-refractivity contribution is 0.590. The van der Waals surface area contributed by atoms with Gasteiger partial charge in [0.15, 0.2) is 0 Å². The molecule has 0 heterocycles. The minimum absolute atomic E-state index is 0.147. The Labute approximate surface area is 103 Å². The molecule has 0 spiro atoms. The second-order valence-corrected chi connectivity index (χ2v) is 6.23. The third-order valence-corrected chi connectivity index (χ3v) is 4.52. The number of benzene rings is 1. The average molecular weight is 256 g/mol. The molecule has 0 saturated heterocycles. The van der Waals surface area contributed by atoms with Crippen LogP contribution in [0.15, 0.2) is 24.3 Å². The summed E-state index contributed by atoms with van der Waals surface area (Å²) in [4.78, 5) is 0. The van der Waals surface area contributed by atoms with E-state index < -0.39 is 10.0 Å². The molecule has 0 saturated carbocycles. The standard InChI is InChI=1S/C12H20N2O2S/c1-11-5-7-12(8-6-11)14(2)17(15,16)10-4-3-9-13/h5-8H,3-4,9-10,13H2,1-2H3. The van der Waals surface area contributed by atoms with Gasteiger partial charge in [0, 0.05) is 7.05 Å². The number of unbranched alkanes of at least 4 members (excludes halogenated alkanes) is 1. The van der Waals surface area contributed by atoms with Crippen molar-refractivity contribution >= 4 is 15.7 Å².